The first kappa shape index (κ1) is 17.6. The van der Waals surface area contributed by atoms with Gasteiger partial charge in [0.1, 0.15) is 6.54 Å². The van der Waals surface area contributed by atoms with Gasteiger partial charge in [-0.3, -0.25) is 10.1 Å². The molecule has 0 aromatic carbocycles. The van der Waals surface area contributed by atoms with Crippen molar-refractivity contribution in [3.63, 3.8) is 0 Å². The first-order valence-corrected chi connectivity index (χ1v) is 7.73. The predicted molar refractivity (Wildman–Crippen MR) is 75.4 cm³/mol. The van der Waals surface area contributed by atoms with E-state index in [0.29, 0.717) is 24.3 Å². The Morgan fingerprint density at radius 2 is 2.29 bits per heavy atom. The zero-order chi connectivity index (χ0) is 15.7. The van der Waals surface area contributed by atoms with Crippen LogP contribution in [0.5, 0.6) is 0 Å². The number of thioether (sulfide) groups is 1. The summed E-state index contributed by atoms with van der Waals surface area (Å²) in [5.41, 5.74) is 0.932. The fourth-order valence-electron chi connectivity index (χ4n) is 1.20. The van der Waals surface area contributed by atoms with E-state index in [0.717, 1.165) is 5.69 Å². The summed E-state index contributed by atoms with van der Waals surface area (Å²) in [6, 6.07) is 1.88. The molecular formula is C10H13F3N4O2S2. The Kier molecular flexibility index (Phi) is 7.29. The molecule has 1 aromatic heterocycles. The topological polar surface area (TPSA) is 80.1 Å². The maximum Gasteiger partial charge on any atom is 0.405 e. The van der Waals surface area contributed by atoms with Gasteiger partial charge in [-0.15, -0.1) is 0 Å². The lowest BCUT2D eigenvalue weighted by Gasteiger charge is -2.12. The molecule has 0 aliphatic heterocycles. The number of aromatic nitrogens is 1. The summed E-state index contributed by atoms with van der Waals surface area (Å²) in [6.45, 7) is -1.02. The number of nitrogens with one attached hydrogen (secondary N) is 2. The lowest BCUT2D eigenvalue weighted by atomic mass is 10.5. The van der Waals surface area contributed by atoms with E-state index in [1.807, 2.05) is 16.8 Å². The number of rotatable bonds is 9. The first-order valence-electron chi connectivity index (χ1n) is 5.73. The van der Waals surface area contributed by atoms with Crippen LogP contribution in [0.3, 0.4) is 0 Å². The lowest BCUT2D eigenvalue weighted by Crippen LogP contribution is -2.35. The SMILES string of the molecule is O=[N+]([O-])/C=C(\NCCSCc1ccsn1)NCC(F)(F)F. The Morgan fingerprint density at radius 3 is 2.86 bits per heavy atom. The molecule has 118 valence electrons. The Labute approximate surface area is 127 Å². The van der Waals surface area contributed by atoms with Gasteiger partial charge in [0.05, 0.1) is 10.6 Å². The Bertz CT molecular complexity index is 465. The predicted octanol–water partition coefficient (Wildman–Crippen LogP) is 2.19. The van der Waals surface area contributed by atoms with E-state index in [4.69, 9.17) is 0 Å². The van der Waals surface area contributed by atoms with Crippen molar-refractivity contribution in [2.45, 2.75) is 11.9 Å². The van der Waals surface area contributed by atoms with Crippen LogP contribution in [0.1, 0.15) is 5.69 Å². The van der Waals surface area contributed by atoms with Crippen LogP contribution in [0.15, 0.2) is 23.5 Å². The van der Waals surface area contributed by atoms with Crippen molar-refractivity contribution < 1.29 is 18.1 Å². The molecule has 11 heteroatoms. The van der Waals surface area contributed by atoms with Crippen molar-refractivity contribution in [2.75, 3.05) is 18.8 Å². The van der Waals surface area contributed by atoms with E-state index in [1.54, 1.807) is 0 Å². The fraction of sp³-hybridized carbons (Fsp3) is 0.500. The van der Waals surface area contributed by atoms with Crippen LogP contribution in [-0.4, -0.2) is 34.3 Å². The van der Waals surface area contributed by atoms with Crippen LogP contribution in [0.4, 0.5) is 13.2 Å². The van der Waals surface area contributed by atoms with E-state index in [-0.39, 0.29) is 5.82 Å². The van der Waals surface area contributed by atoms with Gasteiger partial charge in [0, 0.05) is 23.4 Å². The molecule has 0 aliphatic carbocycles. The molecule has 0 spiro atoms. The maximum absolute atomic E-state index is 12.1. The van der Waals surface area contributed by atoms with E-state index in [2.05, 4.69) is 9.69 Å². The van der Waals surface area contributed by atoms with Crippen LogP contribution in [-0.2, 0) is 5.75 Å². The molecule has 2 N–H and O–H groups in total. The highest BCUT2D eigenvalue weighted by molar-refractivity contribution is 7.98. The van der Waals surface area contributed by atoms with Gasteiger partial charge >= 0.3 is 6.18 Å². The first-order chi connectivity index (χ1) is 9.87. The molecular weight excluding hydrogens is 329 g/mol. The molecule has 1 rings (SSSR count). The monoisotopic (exact) mass is 342 g/mol. The van der Waals surface area contributed by atoms with Crippen molar-refractivity contribution in [1.29, 1.82) is 0 Å². The minimum atomic E-state index is -4.43. The summed E-state index contributed by atoms with van der Waals surface area (Å²) < 4.78 is 40.3. The van der Waals surface area contributed by atoms with Crippen molar-refractivity contribution in [3.05, 3.63) is 39.3 Å². The number of hydrogen-bond acceptors (Lipinski definition) is 7. The molecule has 0 saturated heterocycles. The molecule has 0 fully saturated rings. The second-order valence-corrected chi connectivity index (χ2v) is 5.54. The van der Waals surface area contributed by atoms with Crippen molar-refractivity contribution in [2.24, 2.45) is 0 Å². The smallest absolute Gasteiger partial charge is 0.366 e. The summed E-state index contributed by atoms with van der Waals surface area (Å²) >= 11 is 2.87. The van der Waals surface area contributed by atoms with E-state index >= 15 is 0 Å². The minimum Gasteiger partial charge on any atom is -0.366 e. The Hall–Kier alpha value is -1.49. The minimum absolute atomic E-state index is 0.258. The van der Waals surface area contributed by atoms with Crippen LogP contribution in [0, 0.1) is 10.1 Å². The fourth-order valence-corrected chi connectivity index (χ4v) is 2.58. The molecule has 0 bridgehead atoms. The van der Waals surface area contributed by atoms with Gasteiger partial charge in [-0.05, 0) is 17.6 Å². The average molecular weight is 342 g/mol. The molecule has 1 heterocycles. The van der Waals surface area contributed by atoms with Crippen molar-refractivity contribution in [3.8, 4) is 0 Å². The number of nitro groups is 1. The van der Waals surface area contributed by atoms with Gasteiger partial charge < -0.3 is 10.6 Å². The molecule has 1 aromatic rings. The van der Waals surface area contributed by atoms with E-state index in [1.165, 1.54) is 23.3 Å². The zero-order valence-electron chi connectivity index (χ0n) is 10.7. The molecule has 0 atom stereocenters. The van der Waals surface area contributed by atoms with Gasteiger partial charge in [0.25, 0.3) is 6.20 Å². The van der Waals surface area contributed by atoms with Crippen LogP contribution in [0.25, 0.3) is 0 Å². The third kappa shape index (κ3) is 9.13. The number of alkyl halides is 3. The molecule has 0 radical (unpaired) electrons. The van der Waals surface area contributed by atoms with Gasteiger partial charge in [0.15, 0.2) is 5.82 Å². The lowest BCUT2D eigenvalue weighted by molar-refractivity contribution is -0.404. The van der Waals surface area contributed by atoms with E-state index < -0.39 is 17.6 Å². The summed E-state index contributed by atoms with van der Waals surface area (Å²) in [7, 11) is 0. The highest BCUT2D eigenvalue weighted by Gasteiger charge is 2.27. The van der Waals surface area contributed by atoms with Gasteiger partial charge in [-0.1, -0.05) is 0 Å². The van der Waals surface area contributed by atoms with Crippen molar-refractivity contribution >= 4 is 23.3 Å². The summed E-state index contributed by atoms with van der Waals surface area (Å²) in [5, 5.41) is 16.7. The Morgan fingerprint density at radius 1 is 1.52 bits per heavy atom. The second kappa shape index (κ2) is 8.72. The largest absolute Gasteiger partial charge is 0.405 e. The number of hydrogen-bond donors (Lipinski definition) is 2. The zero-order valence-corrected chi connectivity index (χ0v) is 12.4. The maximum atomic E-state index is 12.1. The van der Waals surface area contributed by atoms with Crippen LogP contribution >= 0.6 is 23.3 Å². The van der Waals surface area contributed by atoms with Gasteiger partial charge in [0.2, 0.25) is 0 Å². The highest BCUT2D eigenvalue weighted by atomic mass is 32.2. The average Bonchev–Trinajstić information content (AvgIpc) is 2.86. The molecule has 6 nitrogen and oxygen atoms in total. The van der Waals surface area contributed by atoms with Crippen LogP contribution < -0.4 is 10.6 Å². The normalized spacial score (nSPS) is 12.2. The summed E-state index contributed by atoms with van der Waals surface area (Å²) in [5.74, 6) is 1.02. The summed E-state index contributed by atoms with van der Waals surface area (Å²) in [4.78, 5) is 9.52. The standard InChI is InChI=1S/C10H13F3N4O2S2/c11-10(12,13)7-15-9(5-17(18)19)14-2-4-20-6-8-1-3-21-16-8/h1,3,5,14-15H,2,4,6-7H2/b9-5+. The van der Waals surface area contributed by atoms with Gasteiger partial charge in [-0.25, -0.2) is 0 Å². The number of nitrogens with zero attached hydrogens (tertiary/aromatic N) is 2. The molecule has 0 amide bonds. The van der Waals surface area contributed by atoms with Crippen molar-refractivity contribution in [1.82, 2.24) is 15.0 Å². The highest BCUT2D eigenvalue weighted by Crippen LogP contribution is 2.13. The van der Waals surface area contributed by atoms with E-state index in [9.17, 15) is 23.3 Å². The molecule has 0 unspecified atom stereocenters. The Balaban J connectivity index is 2.27. The second-order valence-electron chi connectivity index (χ2n) is 3.77. The third-order valence-electron chi connectivity index (χ3n) is 2.02. The number of halogens is 3. The molecule has 0 saturated carbocycles. The van der Waals surface area contributed by atoms with Crippen LogP contribution in [0.2, 0.25) is 0 Å². The van der Waals surface area contributed by atoms with Gasteiger partial charge in [-0.2, -0.15) is 29.3 Å². The summed E-state index contributed by atoms with van der Waals surface area (Å²) in [6.07, 6.45) is -3.95. The third-order valence-corrected chi connectivity index (χ3v) is 3.61. The molecule has 21 heavy (non-hydrogen) atoms. The quantitative estimate of drug-likeness (QED) is 0.407. The molecule has 0 aliphatic rings.